The first-order valence-corrected chi connectivity index (χ1v) is 9.73. The predicted molar refractivity (Wildman–Crippen MR) is 99.1 cm³/mol. The summed E-state index contributed by atoms with van der Waals surface area (Å²) in [5, 5.41) is 10.9. The molecule has 7 nitrogen and oxygen atoms in total. The molecule has 0 spiro atoms. The number of pyridine rings is 1. The minimum absolute atomic E-state index is 0.0104. The number of hydrogen-bond acceptors (Lipinski definition) is 7. The lowest BCUT2D eigenvalue weighted by Gasteiger charge is -2.55. The maximum absolute atomic E-state index is 10.9. The van der Waals surface area contributed by atoms with Crippen molar-refractivity contribution in [2.45, 2.75) is 30.7 Å². The second-order valence-electron chi connectivity index (χ2n) is 8.05. The zero-order chi connectivity index (χ0) is 18.6. The zero-order valence-corrected chi connectivity index (χ0v) is 15.7. The van der Waals surface area contributed by atoms with Crippen LogP contribution in [0.3, 0.4) is 0 Å². The third-order valence-electron chi connectivity index (χ3n) is 6.74. The van der Waals surface area contributed by atoms with E-state index in [4.69, 9.17) is 14.2 Å². The number of nitrogens with zero attached hydrogens (tertiary/aromatic N) is 3. The van der Waals surface area contributed by atoms with Crippen molar-refractivity contribution >= 4 is 5.82 Å². The molecule has 4 saturated heterocycles. The van der Waals surface area contributed by atoms with Crippen LogP contribution in [-0.4, -0.2) is 79.1 Å². The Morgan fingerprint density at radius 3 is 2.85 bits per heavy atom. The summed E-state index contributed by atoms with van der Waals surface area (Å²) < 4.78 is 17.8. The highest BCUT2D eigenvalue weighted by Gasteiger charge is 2.68. The van der Waals surface area contributed by atoms with Crippen LogP contribution in [0.4, 0.5) is 5.82 Å². The number of ether oxygens (including phenoxy) is 3. The van der Waals surface area contributed by atoms with Gasteiger partial charge in [0, 0.05) is 51.9 Å². The fourth-order valence-electron chi connectivity index (χ4n) is 5.36. The summed E-state index contributed by atoms with van der Waals surface area (Å²) in [5.74, 6) is 1.21. The quantitative estimate of drug-likeness (QED) is 0.785. The van der Waals surface area contributed by atoms with Gasteiger partial charge in [-0.25, -0.2) is 4.98 Å². The molecule has 1 aromatic heterocycles. The highest BCUT2D eigenvalue weighted by atomic mass is 16.8. The Kier molecular flexibility index (Phi) is 4.25. The lowest BCUT2D eigenvalue weighted by Crippen LogP contribution is -2.67. The summed E-state index contributed by atoms with van der Waals surface area (Å²) in [4.78, 5) is 9.15. The molecule has 1 aliphatic carbocycles. The number of methoxy groups -OCH3 is 1. The van der Waals surface area contributed by atoms with Gasteiger partial charge in [-0.3, -0.25) is 4.90 Å². The number of fused-ring (bicyclic) bond motifs is 1. The van der Waals surface area contributed by atoms with Crippen molar-refractivity contribution in [1.82, 2.24) is 9.88 Å². The first-order chi connectivity index (χ1) is 13.1. The highest BCUT2D eigenvalue weighted by molar-refractivity contribution is 5.38. The molecular weight excluding hydrogens is 346 g/mol. The van der Waals surface area contributed by atoms with E-state index < -0.39 is 18.0 Å². The molecule has 5 heterocycles. The van der Waals surface area contributed by atoms with Gasteiger partial charge in [-0.15, -0.1) is 0 Å². The number of piperazine rings is 1. The Morgan fingerprint density at radius 2 is 2.15 bits per heavy atom. The Labute approximate surface area is 159 Å². The van der Waals surface area contributed by atoms with Crippen LogP contribution < -0.4 is 4.90 Å². The molecule has 5 aliphatic rings. The molecule has 4 aliphatic heterocycles. The van der Waals surface area contributed by atoms with Crippen molar-refractivity contribution < 1.29 is 19.3 Å². The largest absolute Gasteiger partial charge is 0.390 e. The average Bonchev–Trinajstić information content (AvgIpc) is 2.96. The lowest BCUT2D eigenvalue weighted by molar-refractivity contribution is -0.375. The second kappa shape index (κ2) is 6.53. The molecule has 6 atom stereocenters. The number of aliphatic hydroxyl groups is 1. The highest BCUT2D eigenvalue weighted by Crippen LogP contribution is 2.58. The van der Waals surface area contributed by atoms with E-state index >= 15 is 0 Å². The van der Waals surface area contributed by atoms with Crippen molar-refractivity contribution in [3.63, 3.8) is 0 Å². The van der Waals surface area contributed by atoms with Gasteiger partial charge in [0.05, 0.1) is 6.10 Å². The van der Waals surface area contributed by atoms with Crippen molar-refractivity contribution in [2.24, 2.45) is 11.8 Å². The molecule has 7 heteroatoms. The summed E-state index contributed by atoms with van der Waals surface area (Å²) >= 11 is 0. The van der Waals surface area contributed by atoms with Crippen LogP contribution in [-0.2, 0) is 14.2 Å². The van der Waals surface area contributed by atoms with E-state index in [1.54, 1.807) is 7.11 Å². The van der Waals surface area contributed by atoms with Crippen LogP contribution in [0, 0.1) is 11.8 Å². The lowest BCUT2D eigenvalue weighted by atomic mass is 9.76. The molecule has 5 unspecified atom stereocenters. The molecule has 4 bridgehead atoms. The minimum Gasteiger partial charge on any atom is -0.390 e. The van der Waals surface area contributed by atoms with Crippen molar-refractivity contribution in [2.75, 3.05) is 44.7 Å². The minimum atomic E-state index is -0.636. The second-order valence-corrected chi connectivity index (χ2v) is 8.05. The van der Waals surface area contributed by atoms with Gasteiger partial charge in [0.25, 0.3) is 0 Å². The summed E-state index contributed by atoms with van der Waals surface area (Å²) in [6, 6.07) is 6.01. The molecule has 1 aromatic rings. The van der Waals surface area contributed by atoms with Crippen LogP contribution in [0.5, 0.6) is 0 Å². The fraction of sp³-hybridized carbons (Fsp3) is 0.650. The van der Waals surface area contributed by atoms with Crippen LogP contribution in [0.2, 0.25) is 0 Å². The topological polar surface area (TPSA) is 67.3 Å². The van der Waals surface area contributed by atoms with Gasteiger partial charge in [0.2, 0.25) is 0 Å². The van der Waals surface area contributed by atoms with E-state index in [1.165, 1.54) is 0 Å². The predicted octanol–water partition coefficient (Wildman–Crippen LogP) is 0.855. The Balaban J connectivity index is 1.31. The molecule has 146 valence electrons. The monoisotopic (exact) mass is 373 g/mol. The SMILES string of the molecule is C=C1C2OC(OC)C3C1C[C@@H](O)C3(CN1CCN(c3ccccn3)CC1)O2. The molecule has 0 aromatic carbocycles. The number of rotatable bonds is 4. The van der Waals surface area contributed by atoms with Gasteiger partial charge in [0.1, 0.15) is 11.4 Å². The number of anilines is 1. The van der Waals surface area contributed by atoms with Crippen molar-refractivity contribution in [3.8, 4) is 0 Å². The Morgan fingerprint density at radius 1 is 1.33 bits per heavy atom. The summed E-state index contributed by atoms with van der Waals surface area (Å²) in [6.45, 7) is 8.50. The molecule has 0 radical (unpaired) electrons. The van der Waals surface area contributed by atoms with Crippen molar-refractivity contribution in [1.29, 1.82) is 0 Å². The van der Waals surface area contributed by atoms with Crippen LogP contribution in [0.15, 0.2) is 36.5 Å². The smallest absolute Gasteiger partial charge is 0.183 e. The van der Waals surface area contributed by atoms with E-state index in [2.05, 4.69) is 27.4 Å². The van der Waals surface area contributed by atoms with Gasteiger partial charge in [0.15, 0.2) is 12.6 Å². The molecule has 5 fully saturated rings. The Hall–Kier alpha value is -1.51. The third-order valence-corrected chi connectivity index (χ3v) is 6.74. The van der Waals surface area contributed by atoms with E-state index in [0.29, 0.717) is 13.0 Å². The number of aromatic nitrogens is 1. The molecule has 6 rings (SSSR count). The maximum atomic E-state index is 10.9. The van der Waals surface area contributed by atoms with E-state index in [9.17, 15) is 5.11 Å². The van der Waals surface area contributed by atoms with E-state index in [0.717, 1.165) is 37.6 Å². The van der Waals surface area contributed by atoms with E-state index in [-0.39, 0.29) is 18.1 Å². The molecule has 1 saturated carbocycles. The van der Waals surface area contributed by atoms with Gasteiger partial charge in [-0.2, -0.15) is 0 Å². The molecule has 0 amide bonds. The normalized spacial score (nSPS) is 41.3. The van der Waals surface area contributed by atoms with Gasteiger partial charge in [-0.1, -0.05) is 12.6 Å². The number of hydrogen-bond donors (Lipinski definition) is 1. The summed E-state index contributed by atoms with van der Waals surface area (Å²) in [5.41, 5.74) is 0.309. The third kappa shape index (κ3) is 2.64. The van der Waals surface area contributed by atoms with Crippen molar-refractivity contribution in [3.05, 3.63) is 36.5 Å². The van der Waals surface area contributed by atoms with Crippen LogP contribution >= 0.6 is 0 Å². The average molecular weight is 373 g/mol. The van der Waals surface area contributed by atoms with Gasteiger partial charge in [-0.05, 0) is 30.0 Å². The molecule has 27 heavy (non-hydrogen) atoms. The zero-order valence-electron chi connectivity index (χ0n) is 15.7. The summed E-state index contributed by atoms with van der Waals surface area (Å²) in [7, 11) is 1.67. The van der Waals surface area contributed by atoms with Crippen LogP contribution in [0.25, 0.3) is 0 Å². The fourth-order valence-corrected chi connectivity index (χ4v) is 5.36. The van der Waals surface area contributed by atoms with E-state index in [1.807, 2.05) is 18.3 Å². The first kappa shape index (κ1) is 17.6. The Bertz CT molecular complexity index is 708. The molecule has 1 N–H and O–H groups in total. The standard InChI is InChI=1S/C20H27N3O4/c1-13-14-11-15(24)20(17(14)19(25-2)26-18(13)27-20)12-22-7-9-23(10-8-22)16-5-3-4-6-21-16/h3-6,14-15,17-19,24H,1,7-12H2,2H3/t14?,15-,17?,18?,19?,20?/m1/s1. The first-order valence-electron chi connectivity index (χ1n) is 9.73. The number of aliphatic hydroxyl groups excluding tert-OH is 1. The molecular formula is C20H27N3O4. The maximum Gasteiger partial charge on any atom is 0.183 e. The summed E-state index contributed by atoms with van der Waals surface area (Å²) in [6.07, 6.45) is 1.17. The van der Waals surface area contributed by atoms with Crippen LogP contribution in [0.1, 0.15) is 6.42 Å². The van der Waals surface area contributed by atoms with Gasteiger partial charge >= 0.3 is 0 Å². The van der Waals surface area contributed by atoms with Gasteiger partial charge < -0.3 is 24.2 Å².